The van der Waals surface area contributed by atoms with E-state index in [1.54, 1.807) is 31.4 Å². The minimum Gasteiger partial charge on any atom is -0.497 e. The number of nitrogens with one attached hydrogen (secondary N) is 2. The maximum absolute atomic E-state index is 12.8. The largest absolute Gasteiger partial charge is 0.497 e. The van der Waals surface area contributed by atoms with Crippen molar-refractivity contribution in [2.75, 3.05) is 12.4 Å². The number of anilines is 1. The van der Waals surface area contributed by atoms with Crippen molar-refractivity contribution in [3.8, 4) is 5.75 Å². The van der Waals surface area contributed by atoms with Gasteiger partial charge in [0.1, 0.15) is 16.8 Å². The number of benzene rings is 2. The minimum absolute atomic E-state index is 0.135. The van der Waals surface area contributed by atoms with Crippen LogP contribution in [0.3, 0.4) is 0 Å². The summed E-state index contributed by atoms with van der Waals surface area (Å²) in [5, 5.41) is 9.94. The third kappa shape index (κ3) is 4.39. The third-order valence-electron chi connectivity index (χ3n) is 3.50. The number of methoxy groups -OCH3 is 1. The second-order valence-corrected chi connectivity index (χ2v) is 6.40. The van der Waals surface area contributed by atoms with Gasteiger partial charge in [-0.3, -0.25) is 9.89 Å². The van der Waals surface area contributed by atoms with Gasteiger partial charge in [-0.05, 0) is 36.8 Å². The smallest absolute Gasteiger partial charge is 0.242 e. The molecule has 0 fully saturated rings. The Labute approximate surface area is 150 Å². The van der Waals surface area contributed by atoms with E-state index in [1.807, 2.05) is 37.3 Å². The Morgan fingerprint density at radius 2 is 1.88 bits per heavy atom. The number of H-pyrrole nitrogens is 1. The lowest BCUT2D eigenvalue weighted by atomic mass is 10.1. The van der Waals surface area contributed by atoms with Gasteiger partial charge in [0, 0.05) is 5.69 Å². The third-order valence-corrected chi connectivity index (χ3v) is 4.61. The molecule has 0 aliphatic rings. The number of aryl methyl sites for hydroxylation is 1. The zero-order valence-electron chi connectivity index (χ0n) is 13.9. The lowest BCUT2D eigenvalue weighted by molar-refractivity contribution is -0.115. The molecule has 1 unspecified atom stereocenters. The molecule has 0 spiro atoms. The molecule has 3 aromatic rings. The van der Waals surface area contributed by atoms with E-state index in [1.165, 1.54) is 11.8 Å². The summed E-state index contributed by atoms with van der Waals surface area (Å²) in [5.41, 5.74) is 1.60. The van der Waals surface area contributed by atoms with Crippen molar-refractivity contribution in [1.82, 2.24) is 15.2 Å². The topological polar surface area (TPSA) is 79.9 Å². The molecule has 2 aromatic carbocycles. The van der Waals surface area contributed by atoms with E-state index >= 15 is 0 Å². The lowest BCUT2D eigenvalue weighted by Crippen LogP contribution is -2.19. The van der Waals surface area contributed by atoms with Gasteiger partial charge in [-0.25, -0.2) is 4.98 Å². The summed E-state index contributed by atoms with van der Waals surface area (Å²) in [6, 6.07) is 16.8. The number of aromatic nitrogens is 3. The van der Waals surface area contributed by atoms with Gasteiger partial charge >= 0.3 is 0 Å². The number of nitrogens with zero attached hydrogens (tertiary/aromatic N) is 2. The monoisotopic (exact) mass is 354 g/mol. The van der Waals surface area contributed by atoms with Gasteiger partial charge in [0.25, 0.3) is 0 Å². The summed E-state index contributed by atoms with van der Waals surface area (Å²) in [4.78, 5) is 17.1. The summed E-state index contributed by atoms with van der Waals surface area (Å²) >= 11 is 1.31. The molecule has 1 heterocycles. The van der Waals surface area contributed by atoms with E-state index in [4.69, 9.17) is 4.74 Å². The van der Waals surface area contributed by atoms with E-state index in [9.17, 15) is 4.79 Å². The molecule has 0 aliphatic heterocycles. The number of carbonyl (C=O) groups excluding carboxylic acids is 1. The summed E-state index contributed by atoms with van der Waals surface area (Å²) in [6.07, 6.45) is 0. The number of carbonyl (C=O) groups is 1. The molecule has 6 nitrogen and oxygen atoms in total. The molecule has 2 N–H and O–H groups in total. The van der Waals surface area contributed by atoms with Gasteiger partial charge in [-0.2, -0.15) is 0 Å². The number of rotatable bonds is 6. The van der Waals surface area contributed by atoms with Gasteiger partial charge in [0.2, 0.25) is 11.1 Å². The molecule has 3 rings (SSSR count). The average molecular weight is 354 g/mol. The van der Waals surface area contributed by atoms with E-state index in [-0.39, 0.29) is 5.91 Å². The highest BCUT2D eigenvalue weighted by atomic mass is 32.2. The number of thioether (sulfide) groups is 1. The summed E-state index contributed by atoms with van der Waals surface area (Å²) < 4.78 is 5.14. The molecule has 1 amide bonds. The SMILES string of the molecule is COc1ccc(NC(=O)C(Sc2n[nH]c(C)n2)c2ccccc2)cc1. The van der Waals surface area contributed by atoms with Gasteiger partial charge in [0.15, 0.2) is 0 Å². The van der Waals surface area contributed by atoms with Crippen LogP contribution in [0.1, 0.15) is 16.6 Å². The van der Waals surface area contributed by atoms with Crippen LogP contribution in [-0.2, 0) is 4.79 Å². The molecule has 1 aromatic heterocycles. The van der Waals surface area contributed by atoms with Crippen LogP contribution in [0.5, 0.6) is 5.75 Å². The van der Waals surface area contributed by atoms with Gasteiger partial charge in [-0.15, -0.1) is 5.10 Å². The van der Waals surface area contributed by atoms with Crippen molar-refractivity contribution < 1.29 is 9.53 Å². The number of aromatic amines is 1. The molecular weight excluding hydrogens is 336 g/mol. The van der Waals surface area contributed by atoms with E-state index < -0.39 is 5.25 Å². The first-order valence-corrected chi connectivity index (χ1v) is 8.59. The van der Waals surface area contributed by atoms with Crippen LogP contribution >= 0.6 is 11.8 Å². The van der Waals surface area contributed by atoms with Crippen LogP contribution in [0.2, 0.25) is 0 Å². The van der Waals surface area contributed by atoms with E-state index in [0.717, 1.165) is 11.3 Å². The Morgan fingerprint density at radius 1 is 1.16 bits per heavy atom. The van der Waals surface area contributed by atoms with Crippen molar-refractivity contribution in [3.05, 3.63) is 66.0 Å². The fraction of sp³-hybridized carbons (Fsp3) is 0.167. The Bertz CT molecular complexity index is 834. The first-order chi connectivity index (χ1) is 12.2. The number of amides is 1. The molecule has 7 heteroatoms. The molecule has 128 valence electrons. The second kappa shape index (κ2) is 7.85. The van der Waals surface area contributed by atoms with Gasteiger partial charge in [-0.1, -0.05) is 42.1 Å². The molecule has 0 radical (unpaired) electrons. The van der Waals surface area contributed by atoms with Crippen molar-refractivity contribution in [1.29, 1.82) is 0 Å². The molecule has 0 bridgehead atoms. The van der Waals surface area contributed by atoms with Crippen LogP contribution in [-0.4, -0.2) is 28.2 Å². The zero-order chi connectivity index (χ0) is 17.6. The Morgan fingerprint density at radius 3 is 2.48 bits per heavy atom. The average Bonchev–Trinajstić information content (AvgIpc) is 3.06. The fourth-order valence-electron chi connectivity index (χ4n) is 2.26. The molecule has 0 aliphatic carbocycles. The van der Waals surface area contributed by atoms with Crippen LogP contribution in [0.25, 0.3) is 0 Å². The summed E-state index contributed by atoms with van der Waals surface area (Å²) in [7, 11) is 1.61. The first kappa shape index (κ1) is 17.0. The maximum atomic E-state index is 12.8. The predicted octanol–water partition coefficient (Wildman–Crippen LogP) is 3.59. The van der Waals surface area contributed by atoms with Gasteiger partial charge in [0.05, 0.1) is 7.11 Å². The quantitative estimate of drug-likeness (QED) is 0.661. The normalized spacial score (nSPS) is 11.8. The van der Waals surface area contributed by atoms with Crippen LogP contribution in [0.4, 0.5) is 5.69 Å². The Hall–Kier alpha value is -2.80. The van der Waals surface area contributed by atoms with Crippen LogP contribution in [0, 0.1) is 6.92 Å². The second-order valence-electron chi connectivity index (χ2n) is 5.33. The minimum atomic E-state index is -0.460. The summed E-state index contributed by atoms with van der Waals surface area (Å²) in [6.45, 7) is 1.83. The van der Waals surface area contributed by atoms with Crippen molar-refractivity contribution in [2.45, 2.75) is 17.3 Å². The maximum Gasteiger partial charge on any atom is 0.242 e. The molecule has 25 heavy (non-hydrogen) atoms. The highest BCUT2D eigenvalue weighted by Crippen LogP contribution is 2.34. The highest BCUT2D eigenvalue weighted by molar-refractivity contribution is 8.00. The first-order valence-electron chi connectivity index (χ1n) is 7.71. The van der Waals surface area contributed by atoms with E-state index in [0.29, 0.717) is 16.7 Å². The number of hydrogen-bond donors (Lipinski definition) is 2. The molecule has 0 saturated carbocycles. The van der Waals surface area contributed by atoms with E-state index in [2.05, 4.69) is 20.5 Å². The molecule has 1 atom stereocenters. The Kier molecular flexibility index (Phi) is 5.35. The molecule has 0 saturated heterocycles. The molecular formula is C18H18N4O2S. The van der Waals surface area contributed by atoms with Crippen LogP contribution in [0.15, 0.2) is 59.8 Å². The van der Waals surface area contributed by atoms with Crippen molar-refractivity contribution in [2.24, 2.45) is 0 Å². The Balaban J connectivity index is 1.81. The summed E-state index contributed by atoms with van der Waals surface area (Å²) in [5.74, 6) is 1.32. The predicted molar refractivity (Wildman–Crippen MR) is 97.8 cm³/mol. The fourth-order valence-corrected chi connectivity index (χ4v) is 3.22. The van der Waals surface area contributed by atoms with Crippen LogP contribution < -0.4 is 10.1 Å². The highest BCUT2D eigenvalue weighted by Gasteiger charge is 2.24. The lowest BCUT2D eigenvalue weighted by Gasteiger charge is -2.15. The van der Waals surface area contributed by atoms with Gasteiger partial charge < -0.3 is 10.1 Å². The number of hydrogen-bond acceptors (Lipinski definition) is 5. The van der Waals surface area contributed by atoms with Crippen molar-refractivity contribution in [3.63, 3.8) is 0 Å². The zero-order valence-corrected chi connectivity index (χ0v) is 14.7. The number of ether oxygens (including phenoxy) is 1. The standard InChI is InChI=1S/C18H18N4O2S/c1-12-19-18(22-21-12)25-16(13-6-4-3-5-7-13)17(23)20-14-8-10-15(24-2)11-9-14/h3-11,16H,1-2H3,(H,20,23)(H,19,21,22). The van der Waals surface area contributed by atoms with Crippen molar-refractivity contribution >= 4 is 23.4 Å².